The molecule has 3 aromatic carbocycles. The minimum absolute atomic E-state index is 0.0260. The number of methoxy groups -OCH3 is 1. The van der Waals surface area contributed by atoms with Gasteiger partial charge >= 0.3 is 23.9 Å². The van der Waals surface area contributed by atoms with Crippen molar-refractivity contribution >= 4 is 23.9 Å². The summed E-state index contributed by atoms with van der Waals surface area (Å²) in [7, 11) is 1.09. The molecule has 3 rings (SSSR count). The quantitative estimate of drug-likeness (QED) is 0.0877. The third-order valence-corrected chi connectivity index (χ3v) is 7.94. The van der Waals surface area contributed by atoms with Gasteiger partial charge in [-0.15, -0.1) is 0 Å². The summed E-state index contributed by atoms with van der Waals surface area (Å²) in [6.07, 6.45) is -3.26. The second-order valence-electron chi connectivity index (χ2n) is 12.3. The molecule has 0 spiro atoms. The van der Waals surface area contributed by atoms with Gasteiger partial charge in [0.05, 0.1) is 52.5 Å². The minimum Gasteiger partial charge on any atom is -0.469 e. The Bertz CT molecular complexity index is 1470. The van der Waals surface area contributed by atoms with Gasteiger partial charge in [-0.05, 0) is 22.6 Å². The van der Waals surface area contributed by atoms with Crippen LogP contribution >= 0.6 is 0 Å². The molecule has 5 unspecified atom stereocenters. The zero-order chi connectivity index (χ0) is 37.0. The van der Waals surface area contributed by atoms with Gasteiger partial charge in [-0.25, -0.2) is 0 Å². The molecule has 0 aliphatic carbocycles. The average Bonchev–Trinajstić information content (AvgIpc) is 3.13. The molecule has 0 aromatic heterocycles. The van der Waals surface area contributed by atoms with Crippen molar-refractivity contribution in [1.82, 2.24) is 0 Å². The predicted molar refractivity (Wildman–Crippen MR) is 185 cm³/mol. The fourth-order valence-corrected chi connectivity index (χ4v) is 5.08. The topological polar surface area (TPSA) is 164 Å². The van der Waals surface area contributed by atoms with Crippen LogP contribution < -0.4 is 0 Å². The number of rotatable bonds is 22. The molecule has 2 N–H and O–H groups in total. The Labute approximate surface area is 298 Å². The van der Waals surface area contributed by atoms with Crippen molar-refractivity contribution in [2.75, 3.05) is 40.1 Å². The number of carbonyl (C=O) groups excluding carboxylic acids is 4. The lowest BCUT2D eigenvalue weighted by Gasteiger charge is -2.26. The molecule has 51 heavy (non-hydrogen) atoms. The van der Waals surface area contributed by atoms with Crippen LogP contribution in [0.4, 0.5) is 0 Å². The summed E-state index contributed by atoms with van der Waals surface area (Å²) in [5.74, 6) is -8.34. The number of hydrogen-bond donors (Lipinski definition) is 2. The first-order chi connectivity index (χ1) is 24.6. The second kappa shape index (κ2) is 22.3. The first-order valence-electron chi connectivity index (χ1n) is 16.8. The van der Waals surface area contributed by atoms with Crippen LogP contribution in [0.5, 0.6) is 0 Å². The van der Waals surface area contributed by atoms with Gasteiger partial charge in [-0.1, -0.05) is 105 Å². The Morgan fingerprint density at radius 3 is 1.47 bits per heavy atom. The van der Waals surface area contributed by atoms with E-state index in [1.807, 2.05) is 105 Å². The van der Waals surface area contributed by atoms with Crippen LogP contribution in [0.15, 0.2) is 91.0 Å². The zero-order valence-electron chi connectivity index (χ0n) is 29.3. The van der Waals surface area contributed by atoms with Crippen LogP contribution in [0.25, 0.3) is 0 Å². The van der Waals surface area contributed by atoms with Gasteiger partial charge in [0, 0.05) is 5.92 Å². The normalized spacial score (nSPS) is 14.1. The van der Waals surface area contributed by atoms with Crippen molar-refractivity contribution in [3.05, 3.63) is 108 Å². The standard InChI is InChI=1S/C39H48O12/c1-27(2)34(30-17-11-6-12-18-30)26-51-39(45)36(38(44)50-25-32(41)23-48-21-29-15-9-5-10-16-29)33(19-35(42)46-3)37(43)49-24-31(40)22-47-20-28-13-7-4-8-14-28/h4-18,27,31-34,36,40-41H,19-26H2,1-3H3. The number of benzene rings is 3. The van der Waals surface area contributed by atoms with Gasteiger partial charge < -0.3 is 38.6 Å². The fourth-order valence-electron chi connectivity index (χ4n) is 5.08. The molecule has 12 heteroatoms. The van der Waals surface area contributed by atoms with Crippen molar-refractivity contribution in [1.29, 1.82) is 0 Å². The van der Waals surface area contributed by atoms with Crippen LogP contribution in [-0.2, 0) is 60.8 Å². The van der Waals surface area contributed by atoms with E-state index >= 15 is 0 Å². The van der Waals surface area contributed by atoms with Gasteiger partial charge in [-0.3, -0.25) is 19.2 Å². The van der Waals surface area contributed by atoms with Crippen LogP contribution in [0, 0.1) is 17.8 Å². The predicted octanol–water partition coefficient (Wildman–Crippen LogP) is 4.01. The highest BCUT2D eigenvalue weighted by Gasteiger charge is 2.45. The number of aliphatic hydroxyl groups excluding tert-OH is 2. The Kier molecular flexibility index (Phi) is 17.8. The summed E-state index contributed by atoms with van der Waals surface area (Å²) >= 11 is 0. The molecule has 0 aliphatic heterocycles. The highest BCUT2D eigenvalue weighted by atomic mass is 16.6. The first-order valence-corrected chi connectivity index (χ1v) is 16.8. The largest absolute Gasteiger partial charge is 0.469 e. The van der Waals surface area contributed by atoms with Gasteiger partial charge in [-0.2, -0.15) is 0 Å². The molecule has 0 heterocycles. The Hall–Kier alpha value is -4.62. The molecule has 276 valence electrons. The molecule has 0 radical (unpaired) electrons. The van der Waals surface area contributed by atoms with Crippen molar-refractivity contribution in [3.8, 4) is 0 Å². The van der Waals surface area contributed by atoms with Gasteiger partial charge in [0.1, 0.15) is 25.4 Å². The lowest BCUT2D eigenvalue weighted by molar-refractivity contribution is -0.176. The van der Waals surface area contributed by atoms with E-state index in [4.69, 9.17) is 28.4 Å². The molecule has 0 aliphatic rings. The van der Waals surface area contributed by atoms with Crippen molar-refractivity contribution in [2.45, 2.75) is 51.6 Å². The SMILES string of the molecule is COC(=O)CC(C(=O)OCC(O)COCc1ccccc1)C(C(=O)OCC(O)COCc1ccccc1)C(=O)OCC(c1ccccc1)C(C)C. The summed E-state index contributed by atoms with van der Waals surface area (Å²) in [5.41, 5.74) is 2.64. The second-order valence-corrected chi connectivity index (χ2v) is 12.3. The summed E-state index contributed by atoms with van der Waals surface area (Å²) in [4.78, 5) is 53.2. The van der Waals surface area contributed by atoms with Crippen LogP contribution in [0.3, 0.4) is 0 Å². The fraction of sp³-hybridized carbons (Fsp3) is 0.436. The number of hydrogen-bond acceptors (Lipinski definition) is 12. The first kappa shape index (κ1) is 40.8. The Morgan fingerprint density at radius 2 is 1.02 bits per heavy atom. The lowest BCUT2D eigenvalue weighted by Crippen LogP contribution is -2.42. The maximum absolute atomic E-state index is 13.7. The Balaban J connectivity index is 1.72. The highest BCUT2D eigenvalue weighted by molar-refractivity contribution is 6.00. The smallest absolute Gasteiger partial charge is 0.321 e. The summed E-state index contributed by atoms with van der Waals surface area (Å²) in [6, 6.07) is 27.8. The van der Waals surface area contributed by atoms with Gasteiger partial charge in [0.2, 0.25) is 0 Å². The molecule has 12 nitrogen and oxygen atoms in total. The number of esters is 4. The number of ether oxygens (including phenoxy) is 6. The molecule has 0 saturated carbocycles. The van der Waals surface area contributed by atoms with Crippen molar-refractivity contribution in [3.63, 3.8) is 0 Å². The van der Waals surface area contributed by atoms with E-state index in [1.54, 1.807) is 0 Å². The minimum atomic E-state index is -1.97. The molecular formula is C39H48O12. The molecular weight excluding hydrogens is 660 g/mol. The molecule has 0 bridgehead atoms. The summed E-state index contributed by atoms with van der Waals surface area (Å²) in [6.45, 7) is 2.67. The van der Waals surface area contributed by atoms with Crippen LogP contribution in [0.1, 0.15) is 42.9 Å². The van der Waals surface area contributed by atoms with Gasteiger partial charge in [0.25, 0.3) is 0 Å². The summed E-state index contributed by atoms with van der Waals surface area (Å²) in [5, 5.41) is 20.9. The average molecular weight is 709 g/mol. The number of aliphatic hydroxyl groups is 2. The van der Waals surface area contributed by atoms with E-state index in [0.29, 0.717) is 0 Å². The molecule has 5 atom stereocenters. The van der Waals surface area contributed by atoms with E-state index in [0.717, 1.165) is 23.8 Å². The van der Waals surface area contributed by atoms with Gasteiger partial charge in [0.15, 0.2) is 5.92 Å². The Morgan fingerprint density at radius 1 is 0.588 bits per heavy atom. The molecule has 0 saturated heterocycles. The zero-order valence-corrected chi connectivity index (χ0v) is 29.3. The van der Waals surface area contributed by atoms with E-state index in [1.165, 1.54) is 0 Å². The van der Waals surface area contributed by atoms with Crippen molar-refractivity contribution in [2.24, 2.45) is 17.8 Å². The third-order valence-electron chi connectivity index (χ3n) is 7.94. The maximum atomic E-state index is 13.7. The van der Waals surface area contributed by atoms with E-state index in [2.05, 4.69) is 0 Å². The maximum Gasteiger partial charge on any atom is 0.321 e. The van der Waals surface area contributed by atoms with E-state index in [-0.39, 0.29) is 44.9 Å². The van der Waals surface area contributed by atoms with Crippen LogP contribution in [-0.4, -0.2) is 86.4 Å². The third kappa shape index (κ3) is 14.6. The van der Waals surface area contributed by atoms with E-state index in [9.17, 15) is 29.4 Å². The summed E-state index contributed by atoms with van der Waals surface area (Å²) < 4.78 is 32.0. The lowest BCUT2D eigenvalue weighted by atomic mass is 9.88. The van der Waals surface area contributed by atoms with Crippen LogP contribution in [0.2, 0.25) is 0 Å². The molecule has 0 amide bonds. The van der Waals surface area contributed by atoms with Crippen molar-refractivity contribution < 1.29 is 57.8 Å². The van der Waals surface area contributed by atoms with E-state index < -0.39 is 67.6 Å². The monoisotopic (exact) mass is 708 g/mol. The number of carbonyl (C=O) groups is 4. The molecule has 0 fully saturated rings. The molecule has 3 aromatic rings. The highest BCUT2D eigenvalue weighted by Crippen LogP contribution is 2.27.